The van der Waals surface area contributed by atoms with E-state index in [1.165, 1.54) is 48.6 Å². The van der Waals surface area contributed by atoms with Gasteiger partial charge in [-0.1, -0.05) is 31.0 Å². The number of rotatable bonds is 9. The summed E-state index contributed by atoms with van der Waals surface area (Å²) in [5, 5.41) is 3.64. The van der Waals surface area contributed by atoms with Gasteiger partial charge in [-0.3, -0.25) is 0 Å². The third-order valence-electron chi connectivity index (χ3n) is 3.64. The first-order valence-corrected chi connectivity index (χ1v) is 9.71. The number of benzene rings is 1. The minimum absolute atomic E-state index is 0.720. The Hall–Kier alpha value is -0.120. The zero-order chi connectivity index (χ0) is 13.3. The average molecular weight is 296 g/mol. The maximum absolute atomic E-state index is 3.64. The van der Waals surface area contributed by atoms with E-state index in [0.717, 1.165) is 12.5 Å². The Labute approximate surface area is 126 Å². The summed E-state index contributed by atoms with van der Waals surface area (Å²) in [5.74, 6) is 3.29. The first kappa shape index (κ1) is 15.3. The van der Waals surface area contributed by atoms with Crippen LogP contribution in [0, 0.1) is 0 Å². The van der Waals surface area contributed by atoms with Crippen LogP contribution >= 0.6 is 23.5 Å². The fourth-order valence-corrected chi connectivity index (χ4v) is 4.27. The number of thioether (sulfide) groups is 2. The molecule has 1 unspecified atom stereocenters. The van der Waals surface area contributed by atoms with E-state index in [4.69, 9.17) is 0 Å². The molecule has 0 amide bonds. The van der Waals surface area contributed by atoms with Gasteiger partial charge in [-0.15, -0.1) is 11.8 Å². The average Bonchev–Trinajstić information content (AvgIpc) is 2.85. The van der Waals surface area contributed by atoms with Gasteiger partial charge in [-0.2, -0.15) is 11.8 Å². The van der Waals surface area contributed by atoms with Crippen molar-refractivity contribution in [3.63, 3.8) is 0 Å². The molecule has 106 valence electrons. The van der Waals surface area contributed by atoms with E-state index in [1.807, 2.05) is 23.5 Å². The number of unbranched alkanes of at least 4 members (excludes halogenated alkanes) is 3. The monoisotopic (exact) mass is 295 g/mol. The van der Waals surface area contributed by atoms with Gasteiger partial charge in [-0.25, -0.2) is 0 Å². The second-order valence-corrected chi connectivity index (χ2v) is 7.20. The van der Waals surface area contributed by atoms with Crippen molar-refractivity contribution < 1.29 is 0 Å². The molecule has 0 radical (unpaired) electrons. The van der Waals surface area contributed by atoms with Crippen molar-refractivity contribution in [2.75, 3.05) is 30.9 Å². The van der Waals surface area contributed by atoms with Crippen molar-refractivity contribution in [1.82, 2.24) is 5.32 Å². The third-order valence-corrected chi connectivity index (χ3v) is 5.59. The molecule has 1 aliphatic heterocycles. The Morgan fingerprint density at radius 2 is 2.05 bits per heavy atom. The molecule has 2 rings (SSSR count). The van der Waals surface area contributed by atoms with Crippen LogP contribution in [0.2, 0.25) is 0 Å². The van der Waals surface area contributed by atoms with E-state index < -0.39 is 0 Å². The van der Waals surface area contributed by atoms with Crippen molar-refractivity contribution in [3.8, 4) is 0 Å². The molecule has 0 aromatic heterocycles. The molecule has 1 aromatic rings. The lowest BCUT2D eigenvalue weighted by Crippen LogP contribution is -2.22. The van der Waals surface area contributed by atoms with Crippen molar-refractivity contribution in [3.05, 3.63) is 29.8 Å². The normalized spacial score (nSPS) is 17.6. The summed E-state index contributed by atoms with van der Waals surface area (Å²) in [7, 11) is 0. The van der Waals surface area contributed by atoms with Crippen molar-refractivity contribution in [2.45, 2.75) is 36.5 Å². The largest absolute Gasteiger partial charge is 0.316 e. The van der Waals surface area contributed by atoms with Crippen molar-refractivity contribution in [1.29, 1.82) is 0 Å². The van der Waals surface area contributed by atoms with Crippen LogP contribution in [0.15, 0.2) is 29.2 Å². The Morgan fingerprint density at radius 1 is 1.21 bits per heavy atom. The molecule has 1 heterocycles. The summed E-state index contributed by atoms with van der Waals surface area (Å²) < 4.78 is 0. The summed E-state index contributed by atoms with van der Waals surface area (Å²) in [6.45, 7) is 2.33. The van der Waals surface area contributed by atoms with E-state index in [9.17, 15) is 0 Å². The van der Waals surface area contributed by atoms with Crippen LogP contribution in [-0.4, -0.2) is 30.9 Å². The van der Waals surface area contributed by atoms with E-state index in [-0.39, 0.29) is 0 Å². The SMILES string of the molecule is CSCCCCCCNCC1CSc2ccccc21. The molecule has 19 heavy (non-hydrogen) atoms. The Kier molecular flexibility index (Phi) is 7.18. The van der Waals surface area contributed by atoms with Crippen LogP contribution in [-0.2, 0) is 0 Å². The fourth-order valence-electron chi connectivity index (χ4n) is 2.52. The molecule has 1 aliphatic rings. The lowest BCUT2D eigenvalue weighted by atomic mass is 10.0. The molecule has 0 bridgehead atoms. The van der Waals surface area contributed by atoms with Gasteiger partial charge in [0.1, 0.15) is 0 Å². The zero-order valence-electron chi connectivity index (χ0n) is 11.9. The smallest absolute Gasteiger partial charge is 0.0108 e. The third kappa shape index (κ3) is 5.05. The zero-order valence-corrected chi connectivity index (χ0v) is 13.5. The first-order valence-electron chi connectivity index (χ1n) is 7.33. The van der Waals surface area contributed by atoms with Gasteiger partial charge in [0.05, 0.1) is 0 Å². The molecule has 0 saturated carbocycles. The van der Waals surface area contributed by atoms with E-state index in [0.29, 0.717) is 0 Å². The van der Waals surface area contributed by atoms with Crippen LogP contribution in [0.3, 0.4) is 0 Å². The summed E-state index contributed by atoms with van der Waals surface area (Å²) >= 11 is 3.97. The second kappa shape index (κ2) is 8.93. The minimum Gasteiger partial charge on any atom is -0.316 e. The standard InChI is InChI=1S/C16H25NS2/c1-18-11-7-3-2-6-10-17-12-14-13-19-16-9-5-4-8-15(14)16/h4-5,8-9,14,17H,2-3,6-7,10-13H2,1H3. The summed E-state index contributed by atoms with van der Waals surface area (Å²) in [6, 6.07) is 8.87. The highest BCUT2D eigenvalue weighted by atomic mass is 32.2. The maximum atomic E-state index is 3.64. The molecule has 0 spiro atoms. The second-order valence-electron chi connectivity index (χ2n) is 5.16. The van der Waals surface area contributed by atoms with Gasteiger partial charge >= 0.3 is 0 Å². The fraction of sp³-hybridized carbons (Fsp3) is 0.625. The molecular weight excluding hydrogens is 270 g/mol. The molecule has 1 N–H and O–H groups in total. The van der Waals surface area contributed by atoms with E-state index in [1.54, 1.807) is 5.56 Å². The molecule has 3 heteroatoms. The van der Waals surface area contributed by atoms with Crippen molar-refractivity contribution >= 4 is 23.5 Å². The van der Waals surface area contributed by atoms with Gasteiger partial charge in [-0.05, 0) is 43.0 Å². The minimum atomic E-state index is 0.720. The summed E-state index contributed by atoms with van der Waals surface area (Å²) in [4.78, 5) is 1.49. The number of nitrogens with one attached hydrogen (secondary N) is 1. The van der Waals surface area contributed by atoms with Crippen molar-refractivity contribution in [2.24, 2.45) is 0 Å². The molecule has 0 saturated heterocycles. The van der Waals surface area contributed by atoms with Crippen LogP contribution < -0.4 is 5.32 Å². The molecular formula is C16H25NS2. The Bertz CT molecular complexity index is 368. The number of hydrogen-bond acceptors (Lipinski definition) is 3. The highest BCUT2D eigenvalue weighted by Gasteiger charge is 2.21. The predicted molar refractivity (Wildman–Crippen MR) is 89.6 cm³/mol. The van der Waals surface area contributed by atoms with E-state index in [2.05, 4.69) is 35.8 Å². The van der Waals surface area contributed by atoms with Gasteiger partial charge in [0.2, 0.25) is 0 Å². The van der Waals surface area contributed by atoms with Gasteiger partial charge < -0.3 is 5.32 Å². The Balaban J connectivity index is 1.55. The van der Waals surface area contributed by atoms with E-state index >= 15 is 0 Å². The quantitative estimate of drug-likeness (QED) is 0.679. The molecule has 0 fully saturated rings. The highest BCUT2D eigenvalue weighted by molar-refractivity contribution is 7.99. The van der Waals surface area contributed by atoms with Gasteiger partial charge in [0, 0.05) is 23.1 Å². The lowest BCUT2D eigenvalue weighted by Gasteiger charge is -2.11. The molecule has 0 aliphatic carbocycles. The number of hydrogen-bond donors (Lipinski definition) is 1. The summed E-state index contributed by atoms with van der Waals surface area (Å²) in [5.41, 5.74) is 1.56. The van der Waals surface area contributed by atoms with Crippen LogP contribution in [0.1, 0.15) is 37.2 Å². The molecule has 1 nitrogen and oxygen atoms in total. The van der Waals surface area contributed by atoms with Crippen LogP contribution in [0.25, 0.3) is 0 Å². The lowest BCUT2D eigenvalue weighted by molar-refractivity contribution is 0.572. The highest BCUT2D eigenvalue weighted by Crippen LogP contribution is 2.38. The number of fused-ring (bicyclic) bond motifs is 1. The molecule has 1 atom stereocenters. The van der Waals surface area contributed by atoms with Gasteiger partial charge in [0.15, 0.2) is 0 Å². The van der Waals surface area contributed by atoms with Crippen LogP contribution in [0.5, 0.6) is 0 Å². The summed E-state index contributed by atoms with van der Waals surface area (Å²) in [6.07, 6.45) is 7.68. The maximum Gasteiger partial charge on any atom is 0.0108 e. The molecule has 1 aromatic carbocycles. The predicted octanol–water partition coefficient (Wildman–Crippen LogP) is 4.39. The Morgan fingerprint density at radius 3 is 2.95 bits per heavy atom. The topological polar surface area (TPSA) is 12.0 Å². The van der Waals surface area contributed by atoms with Gasteiger partial charge in [0.25, 0.3) is 0 Å². The van der Waals surface area contributed by atoms with Crippen LogP contribution in [0.4, 0.5) is 0 Å². The first-order chi connectivity index (χ1) is 9.42.